The van der Waals surface area contributed by atoms with Crippen molar-refractivity contribution in [3.05, 3.63) is 23.8 Å². The van der Waals surface area contributed by atoms with Crippen LogP contribution < -0.4 is 0 Å². The maximum atomic E-state index is 15.6. The average molecular weight is 571 g/mol. The number of aromatic nitrogens is 3. The lowest BCUT2D eigenvalue weighted by atomic mass is 9.94. The van der Waals surface area contributed by atoms with E-state index in [1.807, 2.05) is 0 Å². The summed E-state index contributed by atoms with van der Waals surface area (Å²) in [6.45, 7) is -0.178. The largest absolute Gasteiger partial charge is 0.490 e. The fraction of sp³-hybridized carbons (Fsp3) is 0.375. The fourth-order valence-corrected chi connectivity index (χ4v) is 6.37. The summed E-state index contributed by atoms with van der Waals surface area (Å²) in [5.74, 6) is 0.553. The van der Waals surface area contributed by atoms with Gasteiger partial charge < -0.3 is 39.1 Å². The van der Waals surface area contributed by atoms with Crippen molar-refractivity contribution < 1.29 is 65.8 Å². The van der Waals surface area contributed by atoms with E-state index in [1.54, 1.807) is 12.8 Å². The molecule has 16 nitrogen and oxygen atoms in total. The van der Waals surface area contributed by atoms with Crippen LogP contribution in [0.1, 0.15) is 17.5 Å². The third-order valence-electron chi connectivity index (χ3n) is 4.79. The molecule has 0 spiro atoms. The molecule has 0 aromatic carbocycles. The van der Waals surface area contributed by atoms with Crippen LogP contribution in [0.5, 0.6) is 0 Å². The van der Waals surface area contributed by atoms with Crippen molar-refractivity contribution in [2.24, 2.45) is 0 Å². The Bertz CT molecular complexity index is 1430. The number of nitrogens with zero attached hydrogens (tertiary/aromatic N) is 3. The van der Waals surface area contributed by atoms with E-state index >= 15 is 4.39 Å². The van der Waals surface area contributed by atoms with Crippen LogP contribution in [-0.4, -0.2) is 68.5 Å². The molecule has 1 aliphatic heterocycles. The zero-order chi connectivity index (χ0) is 27.3. The van der Waals surface area contributed by atoms with Gasteiger partial charge in [-0.3, -0.25) is 4.52 Å². The number of terminal acetylenes is 2. The minimum atomic E-state index is -5.90. The Kier molecular flexibility index (Phi) is 7.42. The Balaban J connectivity index is 1.93. The topological polar surface area (TPSA) is 240 Å². The van der Waals surface area contributed by atoms with Crippen LogP contribution in [0.3, 0.4) is 0 Å². The quantitative estimate of drug-likeness (QED) is 0.180. The smallest absolute Gasteiger partial charge is 0.383 e. The first-order valence-electron chi connectivity index (χ1n) is 9.20. The molecule has 3 rings (SSSR count). The van der Waals surface area contributed by atoms with Crippen molar-refractivity contribution in [1.82, 2.24) is 14.5 Å². The normalized spacial score (nSPS) is 29.8. The van der Waals surface area contributed by atoms with Gasteiger partial charge in [0.25, 0.3) is 5.85 Å². The van der Waals surface area contributed by atoms with Gasteiger partial charge >= 0.3 is 23.5 Å². The SMILES string of the molecule is C#Cc1cn([C@@H]2O[C@](F)(COP(=O)(O)OP(=O)(O)OP(=O)(O)O)[C@@H](O)[C@]2(O)C#C)c2ncnc(C)c12. The highest BCUT2D eigenvalue weighted by atomic mass is 31.3. The highest BCUT2D eigenvalue weighted by Crippen LogP contribution is 2.66. The molecule has 6 atom stereocenters. The molecular formula is C16H17FN3O13P3. The number of aliphatic hydroxyl groups excluding tert-OH is 1. The van der Waals surface area contributed by atoms with E-state index in [1.165, 1.54) is 6.20 Å². The Morgan fingerprint density at radius 1 is 1.19 bits per heavy atom. The molecule has 0 saturated carbocycles. The summed E-state index contributed by atoms with van der Waals surface area (Å²) >= 11 is 0. The summed E-state index contributed by atoms with van der Waals surface area (Å²) < 4.78 is 67.0. The molecule has 2 unspecified atom stereocenters. The number of ether oxygens (including phenoxy) is 1. The van der Waals surface area contributed by atoms with Crippen LogP contribution in [0.25, 0.3) is 11.0 Å². The average Bonchev–Trinajstić information content (AvgIpc) is 3.20. The van der Waals surface area contributed by atoms with Crippen LogP contribution in [0.15, 0.2) is 12.5 Å². The monoisotopic (exact) mass is 571 g/mol. The number of fused-ring (bicyclic) bond motifs is 1. The van der Waals surface area contributed by atoms with Crippen molar-refractivity contribution in [2.75, 3.05) is 6.61 Å². The van der Waals surface area contributed by atoms with Gasteiger partial charge in [0.2, 0.25) is 5.60 Å². The molecule has 196 valence electrons. The van der Waals surface area contributed by atoms with E-state index < -0.39 is 53.9 Å². The van der Waals surface area contributed by atoms with Crippen LogP contribution in [-0.2, 0) is 31.6 Å². The molecule has 2 aromatic rings. The Morgan fingerprint density at radius 3 is 2.39 bits per heavy atom. The lowest BCUT2D eigenvalue weighted by molar-refractivity contribution is -0.203. The Labute approximate surface area is 201 Å². The predicted molar refractivity (Wildman–Crippen MR) is 114 cm³/mol. The molecule has 2 aromatic heterocycles. The molecule has 0 bridgehead atoms. The first-order chi connectivity index (χ1) is 16.4. The van der Waals surface area contributed by atoms with Gasteiger partial charge in [-0.15, -0.1) is 12.8 Å². The molecule has 1 aliphatic rings. The van der Waals surface area contributed by atoms with Crippen molar-refractivity contribution in [2.45, 2.75) is 30.7 Å². The lowest BCUT2D eigenvalue weighted by Crippen LogP contribution is -2.50. The molecule has 1 saturated heterocycles. The number of phosphoric ester groups is 1. The molecule has 1 fully saturated rings. The van der Waals surface area contributed by atoms with E-state index in [-0.39, 0.29) is 11.2 Å². The van der Waals surface area contributed by atoms with Gasteiger partial charge in [0.05, 0.1) is 16.6 Å². The summed E-state index contributed by atoms with van der Waals surface area (Å²) in [5, 5.41) is 21.7. The molecular weight excluding hydrogens is 554 g/mol. The van der Waals surface area contributed by atoms with Gasteiger partial charge in [-0.05, 0) is 6.92 Å². The van der Waals surface area contributed by atoms with Gasteiger partial charge in [-0.25, -0.2) is 28.1 Å². The van der Waals surface area contributed by atoms with E-state index in [9.17, 15) is 33.7 Å². The fourth-order valence-electron chi connectivity index (χ4n) is 3.33. The minimum Gasteiger partial charge on any atom is -0.383 e. The summed E-state index contributed by atoms with van der Waals surface area (Å²) in [6.07, 6.45) is 8.50. The van der Waals surface area contributed by atoms with Crippen LogP contribution in [0, 0.1) is 31.6 Å². The maximum Gasteiger partial charge on any atom is 0.490 e. The van der Waals surface area contributed by atoms with Crippen LogP contribution >= 0.6 is 23.5 Å². The van der Waals surface area contributed by atoms with E-state index in [2.05, 4.69) is 29.0 Å². The molecule has 20 heteroatoms. The predicted octanol–water partition coefficient (Wildman–Crippen LogP) is -0.0159. The van der Waals surface area contributed by atoms with Crippen molar-refractivity contribution in [3.63, 3.8) is 0 Å². The van der Waals surface area contributed by atoms with Gasteiger partial charge in [0, 0.05) is 6.20 Å². The number of phosphoric acid groups is 3. The van der Waals surface area contributed by atoms with E-state index in [0.29, 0.717) is 11.1 Å². The number of hydrogen-bond donors (Lipinski definition) is 6. The van der Waals surface area contributed by atoms with Crippen molar-refractivity contribution >= 4 is 34.5 Å². The van der Waals surface area contributed by atoms with Crippen LogP contribution in [0.4, 0.5) is 4.39 Å². The zero-order valence-corrected chi connectivity index (χ0v) is 20.5. The van der Waals surface area contributed by atoms with Gasteiger partial charge in [0.1, 0.15) is 18.6 Å². The van der Waals surface area contributed by atoms with E-state index in [4.69, 9.17) is 27.4 Å². The van der Waals surface area contributed by atoms with Gasteiger partial charge in [0.15, 0.2) is 12.3 Å². The third-order valence-corrected chi connectivity index (χ3v) is 8.57. The molecule has 6 N–H and O–H groups in total. The van der Waals surface area contributed by atoms with Crippen molar-refractivity contribution in [1.29, 1.82) is 0 Å². The summed E-state index contributed by atoms with van der Waals surface area (Å²) in [7, 11) is -17.4. The molecule has 0 amide bonds. The number of alkyl halides is 1. The second-order valence-corrected chi connectivity index (χ2v) is 11.7. The highest BCUT2D eigenvalue weighted by molar-refractivity contribution is 7.66. The van der Waals surface area contributed by atoms with Gasteiger partial charge in [-0.2, -0.15) is 8.62 Å². The first kappa shape index (κ1) is 28.5. The number of halogens is 1. The van der Waals surface area contributed by atoms with Crippen LogP contribution in [0.2, 0.25) is 0 Å². The standard InChI is InChI=1S/C16H17FN3O13P3/c1-4-10-6-20(12-11(10)9(3)18-8-19-12)14-15(22,5-2)13(21)16(17,31-14)7-30-35(26,27)33-36(28,29)32-34(23,24)25/h1-2,6,8,13-14,21-22H,7H2,3H3,(H,26,27)(H,28,29)(H2,23,24,25)/t13-,14+,15+,16+/m0/s1. The highest BCUT2D eigenvalue weighted by Gasteiger charge is 2.65. The number of aryl methyl sites for hydroxylation is 1. The second-order valence-electron chi connectivity index (χ2n) is 7.25. The number of hydrogen-bond acceptors (Lipinski definition) is 11. The number of aliphatic hydroxyl groups is 2. The summed E-state index contributed by atoms with van der Waals surface area (Å²) in [4.78, 5) is 43.8. The Hall–Kier alpha value is -2.04. The molecule has 36 heavy (non-hydrogen) atoms. The Morgan fingerprint density at radius 2 is 1.83 bits per heavy atom. The molecule has 3 heterocycles. The van der Waals surface area contributed by atoms with Crippen molar-refractivity contribution in [3.8, 4) is 24.7 Å². The summed E-state index contributed by atoms with van der Waals surface area (Å²) in [6, 6.07) is 0. The molecule has 0 radical (unpaired) electrons. The first-order valence-corrected chi connectivity index (χ1v) is 13.7. The second kappa shape index (κ2) is 9.36. The van der Waals surface area contributed by atoms with Gasteiger partial charge in [-0.1, -0.05) is 11.8 Å². The molecule has 0 aliphatic carbocycles. The third kappa shape index (κ3) is 5.45. The van der Waals surface area contributed by atoms with E-state index in [0.717, 1.165) is 10.9 Å². The summed E-state index contributed by atoms with van der Waals surface area (Å²) in [5.41, 5.74) is -2.26. The maximum absolute atomic E-state index is 15.6. The number of rotatable bonds is 8. The minimum absolute atomic E-state index is 0.0125. The zero-order valence-electron chi connectivity index (χ0n) is 17.8. The lowest BCUT2D eigenvalue weighted by Gasteiger charge is -2.27.